The molecular weight excluding hydrogens is 355 g/mol. The van der Waals surface area contributed by atoms with Crippen molar-refractivity contribution in [3.63, 3.8) is 0 Å². The molecule has 0 atom stereocenters. The number of aromatic nitrogens is 2. The van der Waals surface area contributed by atoms with Crippen LogP contribution in [0.3, 0.4) is 0 Å². The molecule has 0 spiro atoms. The van der Waals surface area contributed by atoms with E-state index in [4.69, 9.17) is 16.0 Å². The lowest BCUT2D eigenvalue weighted by molar-refractivity contribution is -0.137. The van der Waals surface area contributed by atoms with Crippen molar-refractivity contribution in [3.05, 3.63) is 64.5 Å². The Hall–Kier alpha value is -2.54. The topological polar surface area (TPSA) is 51.0 Å². The standard InChI is InChI=1S/C17H13ClF3N3O/c1-10-3-2-4-11(7-10)16-24-23-15(25-16)9-22-14-8-12(17(19,20)21)5-6-13(14)18/h2-8,22H,9H2,1H3. The lowest BCUT2D eigenvalue weighted by Gasteiger charge is -2.11. The largest absolute Gasteiger partial charge is 0.419 e. The first-order valence-corrected chi connectivity index (χ1v) is 7.71. The van der Waals surface area contributed by atoms with Crippen LogP contribution < -0.4 is 5.32 Å². The highest BCUT2D eigenvalue weighted by Crippen LogP contribution is 2.34. The fraction of sp³-hybridized carbons (Fsp3) is 0.176. The third-order valence-electron chi connectivity index (χ3n) is 3.46. The molecule has 1 heterocycles. The Balaban J connectivity index is 1.75. The number of rotatable bonds is 4. The van der Waals surface area contributed by atoms with Crippen LogP contribution in [-0.4, -0.2) is 10.2 Å². The minimum atomic E-state index is -4.44. The summed E-state index contributed by atoms with van der Waals surface area (Å²) >= 11 is 5.93. The number of halogens is 4. The first-order valence-electron chi connectivity index (χ1n) is 7.33. The summed E-state index contributed by atoms with van der Waals surface area (Å²) in [5, 5.41) is 10.8. The second kappa shape index (κ2) is 6.76. The molecule has 0 radical (unpaired) electrons. The minimum Gasteiger partial charge on any atom is -0.419 e. The van der Waals surface area contributed by atoms with Gasteiger partial charge in [0, 0.05) is 5.56 Å². The molecule has 0 amide bonds. The molecule has 4 nitrogen and oxygen atoms in total. The number of hydrogen-bond acceptors (Lipinski definition) is 4. The Kier molecular flexibility index (Phi) is 4.67. The number of benzene rings is 2. The lowest BCUT2D eigenvalue weighted by atomic mass is 10.1. The van der Waals surface area contributed by atoms with Crippen LogP contribution in [0.15, 0.2) is 46.9 Å². The maximum Gasteiger partial charge on any atom is 0.416 e. The molecule has 0 aliphatic rings. The van der Waals surface area contributed by atoms with Crippen molar-refractivity contribution >= 4 is 17.3 Å². The van der Waals surface area contributed by atoms with Crippen molar-refractivity contribution in [2.75, 3.05) is 5.32 Å². The molecule has 0 saturated heterocycles. The summed E-state index contributed by atoms with van der Waals surface area (Å²) in [6.45, 7) is 2.00. The molecule has 0 unspecified atom stereocenters. The Morgan fingerprint density at radius 2 is 1.92 bits per heavy atom. The Bertz CT molecular complexity index is 893. The first kappa shape index (κ1) is 17.3. The molecular formula is C17H13ClF3N3O. The van der Waals surface area contributed by atoms with Crippen LogP contribution >= 0.6 is 11.6 Å². The van der Waals surface area contributed by atoms with E-state index < -0.39 is 11.7 Å². The molecule has 1 N–H and O–H groups in total. The summed E-state index contributed by atoms with van der Waals surface area (Å²) in [4.78, 5) is 0. The van der Waals surface area contributed by atoms with Gasteiger partial charge >= 0.3 is 6.18 Å². The van der Waals surface area contributed by atoms with E-state index >= 15 is 0 Å². The van der Waals surface area contributed by atoms with Gasteiger partial charge in [0.1, 0.15) is 0 Å². The molecule has 0 saturated carbocycles. The molecule has 3 aromatic rings. The van der Waals surface area contributed by atoms with Crippen LogP contribution in [0.1, 0.15) is 17.0 Å². The second-order valence-electron chi connectivity index (χ2n) is 5.42. The van der Waals surface area contributed by atoms with Crippen molar-refractivity contribution in [2.45, 2.75) is 19.6 Å². The highest BCUT2D eigenvalue weighted by atomic mass is 35.5. The summed E-state index contributed by atoms with van der Waals surface area (Å²) < 4.78 is 43.9. The van der Waals surface area contributed by atoms with Crippen molar-refractivity contribution in [1.82, 2.24) is 10.2 Å². The maximum atomic E-state index is 12.8. The zero-order chi connectivity index (χ0) is 18.0. The molecule has 0 aliphatic carbocycles. The zero-order valence-corrected chi connectivity index (χ0v) is 13.8. The SMILES string of the molecule is Cc1cccc(-c2nnc(CNc3cc(C(F)(F)F)ccc3Cl)o2)c1. The Labute approximate surface area is 146 Å². The zero-order valence-electron chi connectivity index (χ0n) is 13.1. The van der Waals surface area contributed by atoms with Gasteiger partial charge < -0.3 is 9.73 Å². The van der Waals surface area contributed by atoms with Gasteiger partial charge in [0.05, 0.1) is 22.8 Å². The number of alkyl halides is 3. The van der Waals surface area contributed by atoms with Crippen LogP contribution in [0.4, 0.5) is 18.9 Å². The van der Waals surface area contributed by atoms with E-state index in [1.54, 1.807) is 0 Å². The summed E-state index contributed by atoms with van der Waals surface area (Å²) in [5.74, 6) is 0.584. The van der Waals surface area contributed by atoms with Gasteiger partial charge in [-0.05, 0) is 37.3 Å². The van der Waals surface area contributed by atoms with E-state index in [1.807, 2.05) is 31.2 Å². The molecule has 3 rings (SSSR count). The average molecular weight is 368 g/mol. The van der Waals surface area contributed by atoms with E-state index in [0.717, 1.165) is 23.3 Å². The highest BCUT2D eigenvalue weighted by molar-refractivity contribution is 6.33. The van der Waals surface area contributed by atoms with Crippen LogP contribution in [0.2, 0.25) is 5.02 Å². The molecule has 2 aromatic carbocycles. The van der Waals surface area contributed by atoms with E-state index in [0.29, 0.717) is 5.89 Å². The highest BCUT2D eigenvalue weighted by Gasteiger charge is 2.31. The van der Waals surface area contributed by atoms with Gasteiger partial charge in [-0.3, -0.25) is 0 Å². The van der Waals surface area contributed by atoms with Gasteiger partial charge in [-0.25, -0.2) is 0 Å². The van der Waals surface area contributed by atoms with E-state index in [-0.39, 0.29) is 23.1 Å². The molecule has 25 heavy (non-hydrogen) atoms. The van der Waals surface area contributed by atoms with Crippen molar-refractivity contribution < 1.29 is 17.6 Å². The van der Waals surface area contributed by atoms with Gasteiger partial charge in [0.15, 0.2) is 0 Å². The number of anilines is 1. The Morgan fingerprint density at radius 3 is 2.64 bits per heavy atom. The van der Waals surface area contributed by atoms with Crippen molar-refractivity contribution in [1.29, 1.82) is 0 Å². The molecule has 8 heteroatoms. The van der Waals surface area contributed by atoms with Gasteiger partial charge in [-0.2, -0.15) is 13.2 Å². The molecule has 0 bridgehead atoms. The van der Waals surface area contributed by atoms with Gasteiger partial charge in [0.2, 0.25) is 11.8 Å². The van der Waals surface area contributed by atoms with Crippen molar-refractivity contribution in [2.24, 2.45) is 0 Å². The van der Waals surface area contributed by atoms with Gasteiger partial charge in [-0.15, -0.1) is 10.2 Å². The number of hydrogen-bond donors (Lipinski definition) is 1. The smallest absolute Gasteiger partial charge is 0.416 e. The fourth-order valence-electron chi connectivity index (χ4n) is 2.23. The van der Waals surface area contributed by atoms with Crippen LogP contribution in [0.25, 0.3) is 11.5 Å². The third kappa shape index (κ3) is 4.11. The Morgan fingerprint density at radius 1 is 1.12 bits per heavy atom. The van der Waals surface area contributed by atoms with Gasteiger partial charge in [-0.1, -0.05) is 29.3 Å². The predicted molar refractivity (Wildman–Crippen MR) is 88.3 cm³/mol. The fourth-order valence-corrected chi connectivity index (χ4v) is 2.41. The molecule has 130 valence electrons. The third-order valence-corrected chi connectivity index (χ3v) is 3.79. The molecule has 1 aromatic heterocycles. The molecule has 0 aliphatic heterocycles. The van der Waals surface area contributed by atoms with Crippen LogP contribution in [0.5, 0.6) is 0 Å². The predicted octanol–water partition coefficient (Wildman–Crippen LogP) is 5.33. The average Bonchev–Trinajstić information content (AvgIpc) is 3.02. The van der Waals surface area contributed by atoms with Crippen LogP contribution in [0, 0.1) is 6.92 Å². The van der Waals surface area contributed by atoms with Crippen molar-refractivity contribution in [3.8, 4) is 11.5 Å². The van der Waals surface area contributed by atoms with E-state index in [2.05, 4.69) is 15.5 Å². The van der Waals surface area contributed by atoms with Crippen LogP contribution in [-0.2, 0) is 12.7 Å². The normalized spacial score (nSPS) is 11.6. The minimum absolute atomic E-state index is 0.0554. The number of aryl methyl sites for hydroxylation is 1. The van der Waals surface area contributed by atoms with Gasteiger partial charge in [0.25, 0.3) is 0 Å². The second-order valence-corrected chi connectivity index (χ2v) is 5.82. The maximum absolute atomic E-state index is 12.8. The summed E-state index contributed by atoms with van der Waals surface area (Å²) in [5.41, 5.74) is 1.18. The van der Waals surface area contributed by atoms with E-state index in [1.165, 1.54) is 6.07 Å². The summed E-state index contributed by atoms with van der Waals surface area (Å²) in [7, 11) is 0. The lowest BCUT2D eigenvalue weighted by Crippen LogP contribution is -2.07. The summed E-state index contributed by atoms with van der Waals surface area (Å²) in [6, 6.07) is 10.6. The first-order chi connectivity index (χ1) is 11.8. The quantitative estimate of drug-likeness (QED) is 0.677. The molecule has 0 fully saturated rings. The van der Waals surface area contributed by atoms with E-state index in [9.17, 15) is 13.2 Å². The number of nitrogens with one attached hydrogen (secondary N) is 1. The number of nitrogens with zero attached hydrogens (tertiary/aromatic N) is 2. The monoisotopic (exact) mass is 367 g/mol. The summed E-state index contributed by atoms with van der Waals surface area (Å²) in [6.07, 6.45) is -4.44.